The van der Waals surface area contributed by atoms with Crippen LogP contribution >= 0.6 is 0 Å². The summed E-state index contributed by atoms with van der Waals surface area (Å²) in [6.45, 7) is 4.00. The number of amides is 1. The normalized spacial score (nSPS) is 18.9. The minimum Gasteiger partial charge on any atom is -0.370 e. The molecule has 1 N–H and O–H groups in total. The van der Waals surface area contributed by atoms with Crippen LogP contribution in [0.4, 0.5) is 5.82 Å². The average Bonchev–Trinajstić information content (AvgIpc) is 2.88. The highest BCUT2D eigenvalue weighted by atomic mass is 16.1. The van der Waals surface area contributed by atoms with Gasteiger partial charge in [0, 0.05) is 19.3 Å². The number of aromatic nitrogens is 1. The summed E-state index contributed by atoms with van der Waals surface area (Å²) in [4.78, 5) is 17.2. The molecule has 1 fully saturated rings. The zero-order valence-corrected chi connectivity index (χ0v) is 10.9. The van der Waals surface area contributed by atoms with Crippen LogP contribution in [0.1, 0.15) is 44.2 Å². The van der Waals surface area contributed by atoms with E-state index in [-0.39, 0.29) is 6.04 Å². The monoisotopic (exact) mass is 247 g/mol. The maximum atomic E-state index is 10.9. The molecule has 0 spiro atoms. The lowest BCUT2D eigenvalue weighted by atomic mass is 10.1. The molecule has 0 unspecified atom stereocenters. The lowest BCUT2D eigenvalue weighted by Gasteiger charge is -2.20. The van der Waals surface area contributed by atoms with Gasteiger partial charge in [0.1, 0.15) is 5.82 Å². The van der Waals surface area contributed by atoms with Gasteiger partial charge >= 0.3 is 0 Å². The van der Waals surface area contributed by atoms with Gasteiger partial charge in [-0.2, -0.15) is 0 Å². The summed E-state index contributed by atoms with van der Waals surface area (Å²) in [5.74, 6) is 0.919. The van der Waals surface area contributed by atoms with Crippen molar-refractivity contribution in [3.8, 4) is 0 Å². The highest BCUT2D eigenvalue weighted by molar-refractivity contribution is 5.49. The third-order valence-electron chi connectivity index (χ3n) is 3.44. The topological polar surface area (TPSA) is 45.2 Å². The van der Waals surface area contributed by atoms with E-state index in [0.717, 1.165) is 50.1 Å². The molecule has 0 bridgehead atoms. The zero-order chi connectivity index (χ0) is 12.8. The van der Waals surface area contributed by atoms with Crippen molar-refractivity contribution < 1.29 is 4.79 Å². The van der Waals surface area contributed by atoms with Crippen LogP contribution in [-0.2, 0) is 4.79 Å². The molecule has 0 radical (unpaired) electrons. The molecule has 1 aliphatic rings. The highest BCUT2D eigenvalue weighted by Gasteiger charge is 2.24. The second-order valence-electron chi connectivity index (χ2n) is 4.76. The molecule has 1 aliphatic heterocycles. The Kier molecular flexibility index (Phi) is 4.56. The number of anilines is 1. The number of unbranched alkanes of at least 4 members (excludes halogenated alkanes) is 1. The summed E-state index contributed by atoms with van der Waals surface area (Å²) < 4.78 is 0. The Morgan fingerprint density at radius 2 is 2.44 bits per heavy atom. The van der Waals surface area contributed by atoms with E-state index in [1.54, 1.807) is 0 Å². The first kappa shape index (κ1) is 12.9. The number of carbonyl (C=O) groups excluding carboxylic acids is 1. The number of carbonyl (C=O) groups is 1. The van der Waals surface area contributed by atoms with Crippen LogP contribution in [0.25, 0.3) is 0 Å². The molecule has 2 heterocycles. The Hall–Kier alpha value is -1.58. The van der Waals surface area contributed by atoms with Gasteiger partial charge in [-0.25, -0.2) is 4.98 Å². The third kappa shape index (κ3) is 3.00. The molecule has 4 heteroatoms. The van der Waals surface area contributed by atoms with Crippen molar-refractivity contribution in [2.45, 2.75) is 38.6 Å². The second kappa shape index (κ2) is 6.38. The number of hydrogen-bond donors (Lipinski definition) is 1. The van der Waals surface area contributed by atoms with Crippen LogP contribution in [0.5, 0.6) is 0 Å². The molecule has 18 heavy (non-hydrogen) atoms. The van der Waals surface area contributed by atoms with E-state index in [4.69, 9.17) is 0 Å². The Morgan fingerprint density at radius 3 is 3.11 bits per heavy atom. The smallest absolute Gasteiger partial charge is 0.210 e. The average molecular weight is 247 g/mol. The minimum absolute atomic E-state index is 0.222. The maximum Gasteiger partial charge on any atom is 0.210 e. The van der Waals surface area contributed by atoms with Crippen LogP contribution < -0.4 is 5.32 Å². The van der Waals surface area contributed by atoms with Gasteiger partial charge in [-0.1, -0.05) is 19.4 Å². The molecular formula is C14H21N3O. The number of rotatable bonds is 6. The lowest BCUT2D eigenvalue weighted by molar-refractivity contribution is -0.118. The summed E-state index contributed by atoms with van der Waals surface area (Å²) in [7, 11) is 0. The van der Waals surface area contributed by atoms with Gasteiger partial charge in [-0.3, -0.25) is 4.79 Å². The van der Waals surface area contributed by atoms with E-state index in [9.17, 15) is 4.79 Å². The van der Waals surface area contributed by atoms with E-state index in [2.05, 4.69) is 23.3 Å². The SMILES string of the molecule is CCCCNc1ccc([C@H]2CCCN2C=O)cn1. The van der Waals surface area contributed by atoms with E-state index in [1.807, 2.05) is 17.2 Å². The predicted molar refractivity (Wildman–Crippen MR) is 72.4 cm³/mol. The number of likely N-dealkylation sites (tertiary alicyclic amines) is 1. The van der Waals surface area contributed by atoms with Gasteiger partial charge in [0.2, 0.25) is 6.41 Å². The molecule has 0 saturated carbocycles. The Balaban J connectivity index is 1.96. The van der Waals surface area contributed by atoms with Crippen molar-refractivity contribution >= 4 is 12.2 Å². The zero-order valence-electron chi connectivity index (χ0n) is 10.9. The van der Waals surface area contributed by atoms with Gasteiger partial charge < -0.3 is 10.2 Å². The summed E-state index contributed by atoms with van der Waals surface area (Å²) in [6, 6.07) is 4.31. The van der Waals surface area contributed by atoms with Gasteiger partial charge in [0.15, 0.2) is 0 Å². The minimum atomic E-state index is 0.222. The van der Waals surface area contributed by atoms with Crippen LogP contribution in [0.15, 0.2) is 18.3 Å². The quantitative estimate of drug-likeness (QED) is 0.621. The predicted octanol–water partition coefficient (Wildman–Crippen LogP) is 2.59. The van der Waals surface area contributed by atoms with Gasteiger partial charge in [-0.15, -0.1) is 0 Å². The van der Waals surface area contributed by atoms with Crippen molar-refractivity contribution in [1.82, 2.24) is 9.88 Å². The van der Waals surface area contributed by atoms with E-state index < -0.39 is 0 Å². The van der Waals surface area contributed by atoms with E-state index in [1.165, 1.54) is 6.42 Å². The van der Waals surface area contributed by atoms with Crippen molar-refractivity contribution in [3.63, 3.8) is 0 Å². The summed E-state index contributed by atoms with van der Waals surface area (Å²) >= 11 is 0. The molecule has 0 aliphatic carbocycles. The molecule has 1 saturated heterocycles. The molecule has 2 rings (SSSR count). The molecule has 1 amide bonds. The van der Waals surface area contributed by atoms with Gasteiger partial charge in [0.25, 0.3) is 0 Å². The van der Waals surface area contributed by atoms with Crippen LogP contribution in [-0.4, -0.2) is 29.4 Å². The van der Waals surface area contributed by atoms with Crippen molar-refractivity contribution in [1.29, 1.82) is 0 Å². The summed E-state index contributed by atoms with van der Waals surface area (Å²) in [5.41, 5.74) is 1.14. The summed E-state index contributed by atoms with van der Waals surface area (Å²) in [5, 5.41) is 3.29. The van der Waals surface area contributed by atoms with Crippen molar-refractivity contribution in [3.05, 3.63) is 23.9 Å². The largest absolute Gasteiger partial charge is 0.370 e. The Labute approximate surface area is 108 Å². The fraction of sp³-hybridized carbons (Fsp3) is 0.571. The first-order valence-corrected chi connectivity index (χ1v) is 6.76. The van der Waals surface area contributed by atoms with Crippen LogP contribution in [0.3, 0.4) is 0 Å². The van der Waals surface area contributed by atoms with Gasteiger partial charge in [0.05, 0.1) is 6.04 Å². The van der Waals surface area contributed by atoms with Crippen molar-refractivity contribution in [2.24, 2.45) is 0 Å². The Morgan fingerprint density at radius 1 is 1.56 bits per heavy atom. The summed E-state index contributed by atoms with van der Waals surface area (Å²) in [6.07, 6.45) is 7.31. The molecule has 0 aromatic carbocycles. The number of nitrogens with zero attached hydrogens (tertiary/aromatic N) is 2. The maximum absolute atomic E-state index is 10.9. The third-order valence-corrected chi connectivity index (χ3v) is 3.44. The molecule has 1 aromatic rings. The number of pyridine rings is 1. The Bertz CT molecular complexity index is 377. The standard InChI is InChI=1S/C14H21N3O/c1-2-3-8-15-14-7-6-12(10-16-14)13-5-4-9-17(13)11-18/h6-7,10-11,13H,2-5,8-9H2,1H3,(H,15,16)/t13-/m1/s1. The molecule has 1 atom stereocenters. The fourth-order valence-electron chi connectivity index (χ4n) is 2.37. The number of hydrogen-bond acceptors (Lipinski definition) is 3. The molecule has 1 aromatic heterocycles. The van der Waals surface area contributed by atoms with E-state index >= 15 is 0 Å². The molecular weight excluding hydrogens is 226 g/mol. The lowest BCUT2D eigenvalue weighted by Crippen LogP contribution is -2.21. The molecule has 98 valence electrons. The first-order chi connectivity index (χ1) is 8.85. The molecule has 4 nitrogen and oxygen atoms in total. The van der Waals surface area contributed by atoms with Crippen molar-refractivity contribution in [2.75, 3.05) is 18.4 Å². The highest BCUT2D eigenvalue weighted by Crippen LogP contribution is 2.30. The van der Waals surface area contributed by atoms with Crippen LogP contribution in [0.2, 0.25) is 0 Å². The fourth-order valence-corrected chi connectivity index (χ4v) is 2.37. The number of nitrogens with one attached hydrogen (secondary N) is 1. The second-order valence-corrected chi connectivity index (χ2v) is 4.76. The first-order valence-electron chi connectivity index (χ1n) is 6.76. The van der Waals surface area contributed by atoms with E-state index in [0.29, 0.717) is 0 Å². The van der Waals surface area contributed by atoms with Gasteiger partial charge in [-0.05, 0) is 30.9 Å². The van der Waals surface area contributed by atoms with Crippen LogP contribution in [0, 0.1) is 0 Å².